The molecule has 2 aromatic rings. The number of thiazole rings is 1. The molecule has 0 radical (unpaired) electrons. The molecule has 0 bridgehead atoms. The number of methoxy groups -OCH3 is 1. The van der Waals surface area contributed by atoms with Crippen molar-refractivity contribution in [1.29, 1.82) is 0 Å². The van der Waals surface area contributed by atoms with Crippen LogP contribution in [0.2, 0.25) is 0 Å². The van der Waals surface area contributed by atoms with Gasteiger partial charge >= 0.3 is 0 Å². The van der Waals surface area contributed by atoms with E-state index in [1.807, 2.05) is 36.1 Å². The van der Waals surface area contributed by atoms with Gasteiger partial charge in [0, 0.05) is 35.6 Å². The molecule has 1 aliphatic rings. The summed E-state index contributed by atoms with van der Waals surface area (Å²) in [7, 11) is 1.63. The van der Waals surface area contributed by atoms with Gasteiger partial charge in [-0.3, -0.25) is 4.79 Å². The zero-order chi connectivity index (χ0) is 15.5. The van der Waals surface area contributed by atoms with Crippen LogP contribution in [0.4, 0.5) is 0 Å². The molecule has 1 aromatic carbocycles. The number of hydrogen-bond acceptors (Lipinski definition) is 4. The van der Waals surface area contributed by atoms with Gasteiger partial charge < -0.3 is 9.64 Å². The van der Waals surface area contributed by atoms with E-state index in [1.165, 1.54) is 0 Å². The summed E-state index contributed by atoms with van der Waals surface area (Å²) in [6, 6.07) is 7.33. The van der Waals surface area contributed by atoms with Crippen LogP contribution in [0.25, 0.3) is 0 Å². The molecule has 116 valence electrons. The average Bonchev–Trinajstić information content (AvgIpc) is 3.01. The number of nitrogens with zero attached hydrogens (tertiary/aromatic N) is 2. The Bertz CT molecular complexity index is 651. The van der Waals surface area contributed by atoms with E-state index in [2.05, 4.69) is 10.4 Å². The molecule has 0 spiro atoms. The summed E-state index contributed by atoms with van der Waals surface area (Å²) in [5.41, 5.74) is 1.79. The van der Waals surface area contributed by atoms with Crippen LogP contribution in [-0.2, 0) is 0 Å². The number of carbonyl (C=O) groups excluding carboxylic acids is 1. The summed E-state index contributed by atoms with van der Waals surface area (Å²) in [5, 5.41) is 3.24. The third kappa shape index (κ3) is 3.14. The van der Waals surface area contributed by atoms with Crippen molar-refractivity contribution in [3.63, 3.8) is 0 Å². The first-order valence-electron chi connectivity index (χ1n) is 7.52. The molecule has 3 rings (SSSR count). The minimum atomic E-state index is 0.0978. The lowest BCUT2D eigenvalue weighted by Crippen LogP contribution is -2.39. The van der Waals surface area contributed by atoms with Crippen molar-refractivity contribution < 1.29 is 9.53 Å². The Morgan fingerprint density at radius 2 is 2.14 bits per heavy atom. The Labute approximate surface area is 134 Å². The molecule has 4 nitrogen and oxygen atoms in total. The zero-order valence-electron chi connectivity index (χ0n) is 12.9. The quantitative estimate of drug-likeness (QED) is 0.870. The highest BCUT2D eigenvalue weighted by Gasteiger charge is 2.27. The van der Waals surface area contributed by atoms with Gasteiger partial charge in [0.25, 0.3) is 5.91 Å². The molecule has 2 heterocycles. The second-order valence-electron chi connectivity index (χ2n) is 5.65. The smallest absolute Gasteiger partial charge is 0.253 e. The molecule has 5 heteroatoms. The first-order valence-corrected chi connectivity index (χ1v) is 8.40. The summed E-state index contributed by atoms with van der Waals surface area (Å²) in [6.07, 6.45) is 2.14. The van der Waals surface area contributed by atoms with Crippen molar-refractivity contribution in [3.05, 3.63) is 45.9 Å². The van der Waals surface area contributed by atoms with E-state index in [1.54, 1.807) is 18.4 Å². The van der Waals surface area contributed by atoms with E-state index in [0.717, 1.165) is 47.9 Å². The second kappa shape index (κ2) is 6.48. The van der Waals surface area contributed by atoms with E-state index < -0.39 is 0 Å². The summed E-state index contributed by atoms with van der Waals surface area (Å²) in [5.74, 6) is 1.24. The maximum absolute atomic E-state index is 12.6. The highest BCUT2D eigenvalue weighted by Crippen LogP contribution is 2.30. The standard InChI is InChI=1S/C17H20N2O2S/c1-12-11-22-16(18-12)14-4-3-9-19(10-14)17(20)13-5-7-15(21-2)8-6-13/h5-8,11,14H,3-4,9-10H2,1-2H3/t14-/m1/s1. The van der Waals surface area contributed by atoms with E-state index >= 15 is 0 Å². The lowest BCUT2D eigenvalue weighted by molar-refractivity contribution is 0.0707. The predicted octanol–water partition coefficient (Wildman–Crippen LogP) is 3.48. The van der Waals surface area contributed by atoms with Gasteiger partial charge in [0.05, 0.1) is 12.1 Å². The molecular weight excluding hydrogens is 296 g/mol. The Balaban J connectivity index is 1.71. The molecule has 1 atom stereocenters. The molecule has 1 amide bonds. The lowest BCUT2D eigenvalue weighted by Gasteiger charge is -2.32. The zero-order valence-corrected chi connectivity index (χ0v) is 13.7. The third-order valence-corrected chi connectivity index (χ3v) is 5.16. The van der Waals surface area contributed by atoms with Crippen LogP contribution >= 0.6 is 11.3 Å². The number of carbonyl (C=O) groups is 1. The lowest BCUT2D eigenvalue weighted by atomic mass is 9.98. The number of piperidine rings is 1. The molecule has 22 heavy (non-hydrogen) atoms. The van der Waals surface area contributed by atoms with Crippen LogP contribution in [0.5, 0.6) is 5.75 Å². The number of hydrogen-bond donors (Lipinski definition) is 0. The number of benzene rings is 1. The Morgan fingerprint density at radius 1 is 1.36 bits per heavy atom. The van der Waals surface area contributed by atoms with E-state index in [9.17, 15) is 4.79 Å². The normalized spacial score (nSPS) is 18.3. The molecule has 1 aromatic heterocycles. The molecule has 1 saturated heterocycles. The van der Waals surface area contributed by atoms with Crippen molar-refractivity contribution in [2.45, 2.75) is 25.7 Å². The largest absolute Gasteiger partial charge is 0.497 e. The fraction of sp³-hybridized carbons (Fsp3) is 0.412. The number of ether oxygens (including phenoxy) is 1. The molecule has 0 unspecified atom stereocenters. The molecule has 0 N–H and O–H groups in total. The van der Waals surface area contributed by atoms with Gasteiger partial charge in [-0.1, -0.05) is 0 Å². The minimum absolute atomic E-state index is 0.0978. The van der Waals surface area contributed by atoms with Crippen LogP contribution < -0.4 is 4.74 Å². The van der Waals surface area contributed by atoms with E-state index in [-0.39, 0.29) is 5.91 Å². The van der Waals surface area contributed by atoms with Gasteiger partial charge in [0.1, 0.15) is 5.75 Å². The van der Waals surface area contributed by atoms with E-state index in [4.69, 9.17) is 4.74 Å². The summed E-state index contributed by atoms with van der Waals surface area (Å²) in [4.78, 5) is 19.2. The molecule has 0 aliphatic carbocycles. The van der Waals surface area contributed by atoms with E-state index in [0.29, 0.717) is 5.92 Å². The van der Waals surface area contributed by atoms with Crippen molar-refractivity contribution in [2.24, 2.45) is 0 Å². The summed E-state index contributed by atoms with van der Waals surface area (Å²) < 4.78 is 5.14. The van der Waals surface area contributed by atoms with Crippen molar-refractivity contribution in [2.75, 3.05) is 20.2 Å². The number of likely N-dealkylation sites (tertiary alicyclic amines) is 1. The molecule has 1 fully saturated rings. The predicted molar refractivity (Wildman–Crippen MR) is 87.7 cm³/mol. The van der Waals surface area contributed by atoms with Gasteiger partial charge in [-0.2, -0.15) is 0 Å². The van der Waals surface area contributed by atoms with Crippen LogP contribution in [0.3, 0.4) is 0 Å². The SMILES string of the molecule is COc1ccc(C(=O)N2CCC[C@@H](c3nc(C)cs3)C2)cc1. The monoisotopic (exact) mass is 316 g/mol. The average molecular weight is 316 g/mol. The van der Waals surface area contributed by atoms with Crippen LogP contribution in [0.1, 0.15) is 39.8 Å². The first-order chi connectivity index (χ1) is 10.7. The van der Waals surface area contributed by atoms with Crippen molar-refractivity contribution in [3.8, 4) is 5.75 Å². The van der Waals surface area contributed by atoms with Gasteiger partial charge in [0.15, 0.2) is 0 Å². The number of amides is 1. The number of rotatable bonds is 3. The maximum Gasteiger partial charge on any atom is 0.253 e. The molecular formula is C17H20N2O2S. The van der Waals surface area contributed by atoms with Crippen molar-refractivity contribution >= 4 is 17.2 Å². The Kier molecular flexibility index (Phi) is 4.43. The van der Waals surface area contributed by atoms with Crippen LogP contribution in [-0.4, -0.2) is 36.0 Å². The topological polar surface area (TPSA) is 42.4 Å². The summed E-state index contributed by atoms with van der Waals surface area (Å²) in [6.45, 7) is 3.60. The number of aryl methyl sites for hydroxylation is 1. The fourth-order valence-electron chi connectivity index (χ4n) is 2.84. The first kappa shape index (κ1) is 15.0. The highest BCUT2D eigenvalue weighted by atomic mass is 32.1. The minimum Gasteiger partial charge on any atom is -0.497 e. The van der Waals surface area contributed by atoms with Crippen LogP contribution in [0, 0.1) is 6.92 Å². The van der Waals surface area contributed by atoms with Crippen LogP contribution in [0.15, 0.2) is 29.6 Å². The number of aromatic nitrogens is 1. The maximum atomic E-state index is 12.6. The Morgan fingerprint density at radius 3 is 2.77 bits per heavy atom. The Hall–Kier alpha value is -1.88. The molecule has 1 aliphatic heterocycles. The highest BCUT2D eigenvalue weighted by molar-refractivity contribution is 7.09. The van der Waals surface area contributed by atoms with Gasteiger partial charge in [-0.15, -0.1) is 11.3 Å². The van der Waals surface area contributed by atoms with Crippen molar-refractivity contribution in [1.82, 2.24) is 9.88 Å². The fourth-order valence-corrected chi connectivity index (χ4v) is 3.76. The second-order valence-corrected chi connectivity index (χ2v) is 6.54. The van der Waals surface area contributed by atoms with Gasteiger partial charge in [-0.25, -0.2) is 4.98 Å². The molecule has 0 saturated carbocycles. The third-order valence-electron chi connectivity index (χ3n) is 4.03. The van der Waals surface area contributed by atoms with Gasteiger partial charge in [-0.05, 0) is 44.0 Å². The van der Waals surface area contributed by atoms with Gasteiger partial charge in [0.2, 0.25) is 0 Å². The summed E-state index contributed by atoms with van der Waals surface area (Å²) >= 11 is 1.70.